The fourth-order valence-corrected chi connectivity index (χ4v) is 5.17. The molecule has 0 aliphatic carbocycles. The number of sulfonamides is 1. The molecule has 0 saturated carbocycles. The van der Waals surface area contributed by atoms with Crippen molar-refractivity contribution in [2.45, 2.75) is 44.6 Å². The molecule has 1 amide bonds. The lowest BCUT2D eigenvalue weighted by atomic mass is 10.0. The van der Waals surface area contributed by atoms with Crippen LogP contribution < -0.4 is 5.32 Å². The van der Waals surface area contributed by atoms with Gasteiger partial charge in [0, 0.05) is 44.6 Å². The Morgan fingerprint density at radius 3 is 2.70 bits per heavy atom. The summed E-state index contributed by atoms with van der Waals surface area (Å²) in [6.45, 7) is 8.86. The van der Waals surface area contributed by atoms with E-state index in [4.69, 9.17) is 0 Å². The SMILES string of the molecule is CCn1c(C(=O)NCCCN2CCC[C@H](C)C2)cc2cc(S(=O)(=O)N(C)C)ccc21. The predicted molar refractivity (Wildman–Crippen MR) is 120 cm³/mol. The lowest BCUT2D eigenvalue weighted by Crippen LogP contribution is -2.36. The molecule has 1 fully saturated rings. The van der Waals surface area contributed by atoms with Gasteiger partial charge in [-0.15, -0.1) is 0 Å². The lowest BCUT2D eigenvalue weighted by Gasteiger charge is -2.30. The largest absolute Gasteiger partial charge is 0.351 e. The standard InChI is InChI=1S/C22H34N4O3S/c1-5-26-20-10-9-19(30(28,29)24(3)4)14-18(20)15-21(26)22(27)23-11-7-13-25-12-6-8-17(2)16-25/h9-10,14-15,17H,5-8,11-13,16H2,1-4H3,(H,23,27)/t17-/m0/s1. The van der Waals surface area contributed by atoms with Gasteiger partial charge < -0.3 is 14.8 Å². The molecule has 2 aromatic rings. The number of carbonyl (C=O) groups is 1. The van der Waals surface area contributed by atoms with Crippen molar-refractivity contribution in [3.63, 3.8) is 0 Å². The van der Waals surface area contributed by atoms with Crippen LogP contribution in [0.15, 0.2) is 29.2 Å². The summed E-state index contributed by atoms with van der Waals surface area (Å²) in [4.78, 5) is 15.5. The van der Waals surface area contributed by atoms with Crippen LogP contribution in [-0.2, 0) is 16.6 Å². The number of hydrogen-bond donors (Lipinski definition) is 1. The third-order valence-corrected chi connectivity index (χ3v) is 7.69. The Balaban J connectivity index is 1.69. The van der Waals surface area contributed by atoms with Gasteiger partial charge in [0.05, 0.1) is 4.90 Å². The highest BCUT2D eigenvalue weighted by molar-refractivity contribution is 7.89. The van der Waals surface area contributed by atoms with Crippen molar-refractivity contribution in [2.75, 3.05) is 40.3 Å². The zero-order chi connectivity index (χ0) is 21.9. The number of piperidine rings is 1. The van der Waals surface area contributed by atoms with Gasteiger partial charge in [0.1, 0.15) is 5.69 Å². The first-order valence-corrected chi connectivity index (χ1v) is 12.2. The van der Waals surface area contributed by atoms with E-state index in [1.54, 1.807) is 24.3 Å². The van der Waals surface area contributed by atoms with E-state index in [0.717, 1.165) is 42.9 Å². The van der Waals surface area contributed by atoms with Crippen molar-refractivity contribution < 1.29 is 13.2 Å². The van der Waals surface area contributed by atoms with E-state index in [-0.39, 0.29) is 10.8 Å². The quantitative estimate of drug-likeness (QED) is 0.649. The van der Waals surface area contributed by atoms with E-state index >= 15 is 0 Å². The number of carbonyl (C=O) groups excluding carboxylic acids is 1. The molecule has 3 rings (SSSR count). The van der Waals surface area contributed by atoms with E-state index in [0.29, 0.717) is 18.8 Å². The molecule has 30 heavy (non-hydrogen) atoms. The van der Waals surface area contributed by atoms with Gasteiger partial charge in [0.15, 0.2) is 0 Å². The summed E-state index contributed by atoms with van der Waals surface area (Å²) in [5.41, 5.74) is 1.43. The molecule has 1 aliphatic rings. The summed E-state index contributed by atoms with van der Waals surface area (Å²) in [5, 5.41) is 3.79. The number of aryl methyl sites for hydroxylation is 1. The van der Waals surface area contributed by atoms with E-state index in [1.807, 2.05) is 11.5 Å². The monoisotopic (exact) mass is 434 g/mol. The summed E-state index contributed by atoms with van der Waals surface area (Å²) in [7, 11) is -0.484. The molecule has 1 aliphatic heterocycles. The number of nitrogens with zero attached hydrogens (tertiary/aromatic N) is 3. The average molecular weight is 435 g/mol. The minimum absolute atomic E-state index is 0.114. The third kappa shape index (κ3) is 4.87. The van der Waals surface area contributed by atoms with Crippen LogP contribution in [0.2, 0.25) is 0 Å². The number of hydrogen-bond acceptors (Lipinski definition) is 4. The molecule has 166 valence electrons. The Hall–Kier alpha value is -1.90. The van der Waals surface area contributed by atoms with E-state index in [2.05, 4.69) is 17.1 Å². The minimum Gasteiger partial charge on any atom is -0.351 e. The molecular formula is C22H34N4O3S. The van der Waals surface area contributed by atoms with Crippen LogP contribution in [0, 0.1) is 5.92 Å². The Labute approximate surface area is 180 Å². The van der Waals surface area contributed by atoms with Crippen LogP contribution in [0.3, 0.4) is 0 Å². The van der Waals surface area contributed by atoms with Crippen molar-refractivity contribution in [1.82, 2.24) is 19.1 Å². The molecule has 8 heteroatoms. The number of likely N-dealkylation sites (tertiary alicyclic amines) is 1. The highest BCUT2D eigenvalue weighted by atomic mass is 32.2. The first-order valence-electron chi connectivity index (χ1n) is 10.8. The van der Waals surface area contributed by atoms with Crippen LogP contribution in [0.1, 0.15) is 43.6 Å². The molecule has 2 heterocycles. The molecular weight excluding hydrogens is 400 g/mol. The van der Waals surface area contributed by atoms with Crippen molar-refractivity contribution in [1.29, 1.82) is 0 Å². The summed E-state index contributed by atoms with van der Waals surface area (Å²) < 4.78 is 28.0. The Bertz CT molecular complexity index is 997. The van der Waals surface area contributed by atoms with E-state index < -0.39 is 10.0 Å². The van der Waals surface area contributed by atoms with Crippen LogP contribution in [0.4, 0.5) is 0 Å². The second-order valence-corrected chi connectivity index (χ2v) is 10.6. The van der Waals surface area contributed by atoms with Crippen LogP contribution in [-0.4, -0.2) is 68.4 Å². The minimum atomic E-state index is -3.51. The van der Waals surface area contributed by atoms with Crippen molar-refractivity contribution >= 4 is 26.8 Å². The molecule has 0 unspecified atom stereocenters. The van der Waals surface area contributed by atoms with Gasteiger partial charge in [-0.1, -0.05) is 6.92 Å². The second-order valence-electron chi connectivity index (χ2n) is 8.44. The van der Waals surface area contributed by atoms with E-state index in [9.17, 15) is 13.2 Å². The van der Waals surface area contributed by atoms with Gasteiger partial charge in [-0.2, -0.15) is 0 Å². The van der Waals surface area contributed by atoms with Gasteiger partial charge in [0.2, 0.25) is 10.0 Å². The fourth-order valence-electron chi connectivity index (χ4n) is 4.23. The third-order valence-electron chi connectivity index (χ3n) is 5.88. The lowest BCUT2D eigenvalue weighted by molar-refractivity contribution is 0.0941. The first kappa shape index (κ1) is 22.8. The van der Waals surface area contributed by atoms with Gasteiger partial charge in [0.25, 0.3) is 5.91 Å². The number of aromatic nitrogens is 1. The molecule has 1 saturated heterocycles. The Morgan fingerprint density at radius 2 is 2.03 bits per heavy atom. The number of nitrogens with one attached hydrogen (secondary N) is 1. The molecule has 0 spiro atoms. The van der Waals surface area contributed by atoms with Crippen LogP contribution in [0.25, 0.3) is 10.9 Å². The average Bonchev–Trinajstić information content (AvgIpc) is 3.09. The molecule has 1 atom stereocenters. The van der Waals surface area contributed by atoms with Crippen molar-refractivity contribution in [3.8, 4) is 0 Å². The summed E-state index contributed by atoms with van der Waals surface area (Å²) >= 11 is 0. The molecule has 7 nitrogen and oxygen atoms in total. The zero-order valence-electron chi connectivity index (χ0n) is 18.5. The van der Waals surface area contributed by atoms with Gasteiger partial charge in [-0.25, -0.2) is 12.7 Å². The maximum atomic E-state index is 12.8. The summed E-state index contributed by atoms with van der Waals surface area (Å²) in [6, 6.07) is 6.81. The smallest absolute Gasteiger partial charge is 0.267 e. The molecule has 1 aromatic heterocycles. The number of benzene rings is 1. The molecule has 1 N–H and O–H groups in total. The number of amides is 1. The van der Waals surface area contributed by atoms with Gasteiger partial charge >= 0.3 is 0 Å². The highest BCUT2D eigenvalue weighted by Crippen LogP contribution is 2.25. The van der Waals surface area contributed by atoms with E-state index in [1.165, 1.54) is 31.2 Å². The Morgan fingerprint density at radius 1 is 1.27 bits per heavy atom. The highest BCUT2D eigenvalue weighted by Gasteiger charge is 2.20. The van der Waals surface area contributed by atoms with Crippen molar-refractivity contribution in [2.24, 2.45) is 5.92 Å². The maximum Gasteiger partial charge on any atom is 0.267 e. The maximum absolute atomic E-state index is 12.8. The van der Waals surface area contributed by atoms with Crippen LogP contribution >= 0.6 is 0 Å². The summed E-state index contributed by atoms with van der Waals surface area (Å²) in [6.07, 6.45) is 3.50. The molecule has 0 bridgehead atoms. The van der Waals surface area contributed by atoms with Gasteiger partial charge in [-0.3, -0.25) is 4.79 Å². The molecule has 1 aromatic carbocycles. The number of rotatable bonds is 8. The number of fused-ring (bicyclic) bond motifs is 1. The fraction of sp³-hybridized carbons (Fsp3) is 0.591. The van der Waals surface area contributed by atoms with Crippen molar-refractivity contribution in [3.05, 3.63) is 30.0 Å². The van der Waals surface area contributed by atoms with Gasteiger partial charge in [-0.05, 0) is 69.5 Å². The van der Waals surface area contributed by atoms with Crippen LogP contribution in [0.5, 0.6) is 0 Å². The summed E-state index contributed by atoms with van der Waals surface area (Å²) in [5.74, 6) is 0.645. The normalized spacial score (nSPS) is 18.2. The molecule has 0 radical (unpaired) electrons. The zero-order valence-corrected chi connectivity index (χ0v) is 19.3. The predicted octanol–water partition coefficient (Wildman–Crippen LogP) is 2.76. The second kappa shape index (κ2) is 9.49. The first-order chi connectivity index (χ1) is 14.2. The topological polar surface area (TPSA) is 74.6 Å². The Kier molecular flexibility index (Phi) is 7.21.